The molecule has 4 rings (SSSR count). The van der Waals surface area contributed by atoms with Gasteiger partial charge in [-0.1, -0.05) is 30.1 Å². The minimum Gasteiger partial charge on any atom is -0.365 e. The SMILES string of the molecule is Cc1cc(COCC(=O)N2CC3(CCCC3)c3cccc(F)c32)no1. The number of carbonyl (C=O) groups excluding carboxylic acids is 1. The fourth-order valence-corrected chi connectivity index (χ4v) is 4.18. The van der Waals surface area contributed by atoms with Gasteiger partial charge in [0.1, 0.15) is 23.9 Å². The monoisotopic (exact) mass is 344 g/mol. The molecule has 25 heavy (non-hydrogen) atoms. The number of halogens is 1. The molecule has 1 aromatic heterocycles. The zero-order valence-corrected chi connectivity index (χ0v) is 14.3. The molecule has 2 aliphatic rings. The molecule has 0 N–H and O–H groups in total. The van der Waals surface area contributed by atoms with Crippen LogP contribution in [-0.4, -0.2) is 24.2 Å². The van der Waals surface area contributed by atoms with Gasteiger partial charge in [0.25, 0.3) is 5.91 Å². The van der Waals surface area contributed by atoms with Gasteiger partial charge in [-0.3, -0.25) is 4.79 Å². The van der Waals surface area contributed by atoms with Gasteiger partial charge in [0.2, 0.25) is 0 Å². The van der Waals surface area contributed by atoms with Crippen LogP contribution in [0.25, 0.3) is 0 Å². The molecule has 1 saturated carbocycles. The van der Waals surface area contributed by atoms with Crippen LogP contribution < -0.4 is 4.90 Å². The van der Waals surface area contributed by atoms with E-state index < -0.39 is 0 Å². The van der Waals surface area contributed by atoms with Crippen LogP contribution in [0.2, 0.25) is 0 Å². The highest BCUT2D eigenvalue weighted by molar-refractivity contribution is 5.97. The Kier molecular flexibility index (Phi) is 4.07. The van der Waals surface area contributed by atoms with Crippen LogP contribution in [-0.2, 0) is 21.6 Å². The molecule has 0 unspecified atom stereocenters. The van der Waals surface area contributed by atoms with E-state index in [-0.39, 0.29) is 30.4 Å². The number of hydrogen-bond acceptors (Lipinski definition) is 4. The molecule has 2 aromatic rings. The van der Waals surface area contributed by atoms with E-state index in [9.17, 15) is 9.18 Å². The van der Waals surface area contributed by atoms with Crippen molar-refractivity contribution in [3.05, 3.63) is 47.1 Å². The molecule has 6 heteroatoms. The molecular formula is C19H21FN2O3. The van der Waals surface area contributed by atoms with E-state index in [2.05, 4.69) is 5.16 Å². The second kappa shape index (κ2) is 6.26. The lowest BCUT2D eigenvalue weighted by Crippen LogP contribution is -2.37. The number of anilines is 1. The van der Waals surface area contributed by atoms with Crippen molar-refractivity contribution in [2.24, 2.45) is 0 Å². The van der Waals surface area contributed by atoms with Crippen LogP contribution in [0.1, 0.15) is 42.7 Å². The van der Waals surface area contributed by atoms with Gasteiger partial charge in [-0.05, 0) is 31.4 Å². The van der Waals surface area contributed by atoms with Crippen LogP contribution in [0.5, 0.6) is 0 Å². The highest BCUT2D eigenvalue weighted by Gasteiger charge is 2.47. The molecule has 5 nitrogen and oxygen atoms in total. The van der Waals surface area contributed by atoms with Crippen LogP contribution in [0.4, 0.5) is 10.1 Å². The summed E-state index contributed by atoms with van der Waals surface area (Å²) in [6.07, 6.45) is 4.26. The largest absolute Gasteiger partial charge is 0.365 e. The molecular weight excluding hydrogens is 323 g/mol. The van der Waals surface area contributed by atoms with E-state index in [4.69, 9.17) is 9.26 Å². The number of fused-ring (bicyclic) bond motifs is 2. The van der Waals surface area contributed by atoms with E-state index in [0.717, 1.165) is 31.2 Å². The van der Waals surface area contributed by atoms with Crippen molar-refractivity contribution in [3.63, 3.8) is 0 Å². The van der Waals surface area contributed by atoms with Crippen molar-refractivity contribution in [1.82, 2.24) is 5.16 Å². The molecule has 1 aliphatic heterocycles. The Labute approximate surface area is 145 Å². The summed E-state index contributed by atoms with van der Waals surface area (Å²) in [5.74, 6) is 0.153. The fraction of sp³-hybridized carbons (Fsp3) is 0.474. The number of rotatable bonds is 4. The topological polar surface area (TPSA) is 55.6 Å². The summed E-state index contributed by atoms with van der Waals surface area (Å²) in [5.41, 5.74) is 1.97. The first-order valence-electron chi connectivity index (χ1n) is 8.68. The van der Waals surface area contributed by atoms with E-state index in [0.29, 0.717) is 23.7 Å². The lowest BCUT2D eigenvalue weighted by Gasteiger charge is -2.24. The standard InChI is InChI=1S/C19H21FN2O3/c1-13-9-14(21-25-13)10-24-11-17(23)22-12-19(7-2-3-8-19)15-5-4-6-16(20)18(15)22/h4-6,9H,2-3,7-8,10-12H2,1H3. The number of amides is 1. The second-order valence-corrected chi connectivity index (χ2v) is 7.03. The molecule has 2 heterocycles. The Morgan fingerprint density at radius 2 is 2.20 bits per heavy atom. The molecule has 1 fully saturated rings. The Bertz CT molecular complexity index is 796. The summed E-state index contributed by atoms with van der Waals surface area (Å²) in [5, 5.41) is 3.83. The number of hydrogen-bond donors (Lipinski definition) is 0. The lowest BCUT2D eigenvalue weighted by molar-refractivity contribution is -0.123. The molecule has 0 bridgehead atoms. The molecule has 0 radical (unpaired) electrons. The van der Waals surface area contributed by atoms with E-state index in [1.807, 2.05) is 6.07 Å². The fourth-order valence-electron chi connectivity index (χ4n) is 4.18. The number of para-hydroxylation sites is 1. The molecule has 1 aliphatic carbocycles. The Morgan fingerprint density at radius 1 is 1.40 bits per heavy atom. The van der Waals surface area contributed by atoms with Gasteiger partial charge < -0.3 is 14.2 Å². The maximum atomic E-state index is 14.5. The summed E-state index contributed by atoms with van der Waals surface area (Å²) < 4.78 is 24.9. The first-order valence-corrected chi connectivity index (χ1v) is 8.68. The first-order chi connectivity index (χ1) is 12.1. The maximum Gasteiger partial charge on any atom is 0.253 e. The highest BCUT2D eigenvalue weighted by atomic mass is 19.1. The predicted molar refractivity (Wildman–Crippen MR) is 89.8 cm³/mol. The van der Waals surface area contributed by atoms with Gasteiger partial charge in [-0.15, -0.1) is 0 Å². The number of benzene rings is 1. The third-order valence-corrected chi connectivity index (χ3v) is 5.30. The van der Waals surface area contributed by atoms with Crippen molar-refractivity contribution >= 4 is 11.6 Å². The lowest BCUT2D eigenvalue weighted by atomic mass is 9.81. The van der Waals surface area contributed by atoms with Gasteiger partial charge in [-0.25, -0.2) is 4.39 Å². The summed E-state index contributed by atoms with van der Waals surface area (Å²) in [4.78, 5) is 14.3. The number of nitrogens with zero attached hydrogens (tertiary/aromatic N) is 2. The van der Waals surface area contributed by atoms with Gasteiger partial charge in [0, 0.05) is 18.0 Å². The number of ether oxygens (including phenoxy) is 1. The highest BCUT2D eigenvalue weighted by Crippen LogP contribution is 2.51. The summed E-state index contributed by atoms with van der Waals surface area (Å²) >= 11 is 0. The molecule has 132 valence electrons. The van der Waals surface area contributed by atoms with E-state index in [1.54, 1.807) is 24.0 Å². The molecule has 0 saturated heterocycles. The Balaban J connectivity index is 1.49. The minimum atomic E-state index is -0.332. The number of carbonyl (C=O) groups is 1. The second-order valence-electron chi connectivity index (χ2n) is 7.03. The Morgan fingerprint density at radius 3 is 2.92 bits per heavy atom. The van der Waals surface area contributed by atoms with Crippen molar-refractivity contribution < 1.29 is 18.4 Å². The zero-order valence-electron chi connectivity index (χ0n) is 14.3. The molecule has 1 spiro atoms. The van der Waals surface area contributed by atoms with E-state index in [1.165, 1.54) is 6.07 Å². The van der Waals surface area contributed by atoms with Gasteiger partial charge >= 0.3 is 0 Å². The molecule has 0 atom stereocenters. The van der Waals surface area contributed by atoms with Crippen LogP contribution in [0, 0.1) is 12.7 Å². The van der Waals surface area contributed by atoms with E-state index >= 15 is 0 Å². The van der Waals surface area contributed by atoms with Gasteiger partial charge in [0.05, 0.1) is 12.3 Å². The zero-order chi connectivity index (χ0) is 17.4. The average Bonchev–Trinajstić information content (AvgIpc) is 3.30. The van der Waals surface area contributed by atoms with Gasteiger partial charge in [-0.2, -0.15) is 0 Å². The predicted octanol–water partition coefficient (Wildman–Crippen LogP) is 3.50. The summed E-state index contributed by atoms with van der Waals surface area (Å²) in [6.45, 7) is 2.45. The number of aromatic nitrogens is 1. The van der Waals surface area contributed by atoms with Gasteiger partial charge in [0.15, 0.2) is 0 Å². The van der Waals surface area contributed by atoms with Crippen LogP contribution >= 0.6 is 0 Å². The summed E-state index contributed by atoms with van der Waals surface area (Å²) in [7, 11) is 0. The van der Waals surface area contributed by atoms with Crippen molar-refractivity contribution in [2.75, 3.05) is 18.1 Å². The average molecular weight is 344 g/mol. The third-order valence-electron chi connectivity index (χ3n) is 5.30. The molecule has 1 aromatic carbocycles. The van der Waals surface area contributed by atoms with Crippen LogP contribution in [0.15, 0.2) is 28.8 Å². The first kappa shape index (κ1) is 16.3. The minimum absolute atomic E-state index is 0.0870. The smallest absolute Gasteiger partial charge is 0.253 e. The van der Waals surface area contributed by atoms with Crippen LogP contribution in [0.3, 0.4) is 0 Å². The van der Waals surface area contributed by atoms with Crippen molar-refractivity contribution in [2.45, 2.75) is 44.6 Å². The normalized spacial score (nSPS) is 18.1. The molecule has 1 amide bonds. The summed E-state index contributed by atoms with van der Waals surface area (Å²) in [6, 6.07) is 6.90. The Hall–Kier alpha value is -2.21. The quantitative estimate of drug-likeness (QED) is 0.852. The van der Waals surface area contributed by atoms with Crippen molar-refractivity contribution in [3.8, 4) is 0 Å². The van der Waals surface area contributed by atoms with Crippen molar-refractivity contribution in [1.29, 1.82) is 0 Å². The maximum absolute atomic E-state index is 14.5. The number of aryl methyl sites for hydroxylation is 1. The third kappa shape index (κ3) is 2.84.